The standard InChI is InChI=1S/C13H19BrF3N3/c1-3-10-12(14)11(20(4-2)18-10)7-19(9-5-6-9)8-13(15,16)17/h9H,3-8H2,1-2H3. The van der Waals surface area contributed by atoms with Gasteiger partial charge in [-0.05, 0) is 42.1 Å². The van der Waals surface area contributed by atoms with Crippen molar-refractivity contribution in [3.8, 4) is 0 Å². The third-order valence-corrected chi connectivity index (χ3v) is 4.41. The van der Waals surface area contributed by atoms with Gasteiger partial charge in [0.15, 0.2) is 0 Å². The van der Waals surface area contributed by atoms with E-state index >= 15 is 0 Å². The molecule has 0 N–H and O–H groups in total. The Bertz CT molecular complexity index is 466. The molecule has 1 fully saturated rings. The molecular weight excluding hydrogens is 335 g/mol. The largest absolute Gasteiger partial charge is 0.401 e. The number of aryl methyl sites for hydroxylation is 2. The molecule has 7 heteroatoms. The monoisotopic (exact) mass is 353 g/mol. The lowest BCUT2D eigenvalue weighted by Crippen LogP contribution is -2.36. The Hall–Kier alpha value is -0.560. The molecule has 1 aromatic heterocycles. The van der Waals surface area contributed by atoms with Crippen molar-refractivity contribution in [2.24, 2.45) is 0 Å². The van der Waals surface area contributed by atoms with Gasteiger partial charge >= 0.3 is 6.18 Å². The molecule has 1 aliphatic carbocycles. The zero-order chi connectivity index (χ0) is 14.9. The van der Waals surface area contributed by atoms with Crippen molar-refractivity contribution in [3.05, 3.63) is 15.9 Å². The molecule has 1 aliphatic rings. The van der Waals surface area contributed by atoms with Crippen LogP contribution in [-0.4, -0.2) is 33.4 Å². The maximum atomic E-state index is 12.7. The number of rotatable bonds is 6. The minimum atomic E-state index is -4.15. The Morgan fingerprint density at radius 1 is 1.35 bits per heavy atom. The number of alkyl halides is 3. The number of nitrogens with zero attached hydrogens (tertiary/aromatic N) is 3. The fraction of sp³-hybridized carbons (Fsp3) is 0.769. The van der Waals surface area contributed by atoms with E-state index in [9.17, 15) is 13.2 Å². The van der Waals surface area contributed by atoms with Gasteiger partial charge in [0.1, 0.15) is 0 Å². The molecule has 2 rings (SSSR count). The number of aromatic nitrogens is 2. The summed E-state index contributed by atoms with van der Waals surface area (Å²) >= 11 is 3.49. The van der Waals surface area contributed by atoms with Gasteiger partial charge in [0.25, 0.3) is 0 Å². The Morgan fingerprint density at radius 3 is 2.45 bits per heavy atom. The van der Waals surface area contributed by atoms with Crippen molar-refractivity contribution < 1.29 is 13.2 Å². The molecule has 1 saturated carbocycles. The molecule has 1 heterocycles. The molecule has 0 bridgehead atoms. The third kappa shape index (κ3) is 3.75. The van der Waals surface area contributed by atoms with Crippen molar-refractivity contribution in [1.82, 2.24) is 14.7 Å². The molecule has 20 heavy (non-hydrogen) atoms. The molecule has 0 saturated heterocycles. The number of hydrogen-bond acceptors (Lipinski definition) is 2. The molecule has 0 radical (unpaired) electrons. The van der Waals surface area contributed by atoms with E-state index in [2.05, 4.69) is 21.0 Å². The van der Waals surface area contributed by atoms with Crippen LogP contribution in [0, 0.1) is 0 Å². The van der Waals surface area contributed by atoms with Gasteiger partial charge in [0.2, 0.25) is 0 Å². The highest BCUT2D eigenvalue weighted by atomic mass is 79.9. The molecule has 0 amide bonds. The zero-order valence-corrected chi connectivity index (χ0v) is 13.3. The molecule has 1 aromatic rings. The summed E-state index contributed by atoms with van der Waals surface area (Å²) in [4.78, 5) is 1.52. The van der Waals surface area contributed by atoms with Gasteiger partial charge in [0, 0.05) is 19.1 Å². The second-order valence-corrected chi connectivity index (χ2v) is 5.92. The molecule has 0 unspecified atom stereocenters. The van der Waals surface area contributed by atoms with E-state index in [1.807, 2.05) is 13.8 Å². The maximum absolute atomic E-state index is 12.7. The second-order valence-electron chi connectivity index (χ2n) is 5.13. The summed E-state index contributed by atoms with van der Waals surface area (Å²) in [5, 5.41) is 4.44. The SMILES string of the molecule is CCc1nn(CC)c(CN(CC(F)(F)F)C2CC2)c1Br. The summed E-state index contributed by atoms with van der Waals surface area (Å²) in [7, 11) is 0. The highest BCUT2D eigenvalue weighted by molar-refractivity contribution is 9.10. The van der Waals surface area contributed by atoms with Crippen LogP contribution < -0.4 is 0 Å². The topological polar surface area (TPSA) is 21.1 Å². The van der Waals surface area contributed by atoms with E-state index in [1.165, 1.54) is 4.90 Å². The van der Waals surface area contributed by atoms with Gasteiger partial charge in [0.05, 0.1) is 22.4 Å². The van der Waals surface area contributed by atoms with Crippen LogP contribution in [0.25, 0.3) is 0 Å². The van der Waals surface area contributed by atoms with E-state index < -0.39 is 12.7 Å². The van der Waals surface area contributed by atoms with Crippen molar-refractivity contribution in [1.29, 1.82) is 0 Å². The molecule has 3 nitrogen and oxygen atoms in total. The predicted octanol–water partition coefficient (Wildman–Crippen LogP) is 3.75. The first kappa shape index (κ1) is 15.8. The average Bonchev–Trinajstić information content (AvgIpc) is 3.15. The lowest BCUT2D eigenvalue weighted by atomic mass is 10.3. The number of halogens is 4. The van der Waals surface area contributed by atoms with E-state index in [-0.39, 0.29) is 6.04 Å². The van der Waals surface area contributed by atoms with Gasteiger partial charge in [-0.25, -0.2) is 0 Å². The van der Waals surface area contributed by atoms with Crippen molar-refractivity contribution in [2.75, 3.05) is 6.54 Å². The van der Waals surface area contributed by atoms with Crippen LogP contribution in [0.4, 0.5) is 13.2 Å². The minimum Gasteiger partial charge on any atom is -0.286 e. The third-order valence-electron chi connectivity index (χ3n) is 3.49. The predicted molar refractivity (Wildman–Crippen MR) is 74.5 cm³/mol. The summed E-state index contributed by atoms with van der Waals surface area (Å²) in [6.07, 6.45) is -1.67. The minimum absolute atomic E-state index is 0.0637. The van der Waals surface area contributed by atoms with Gasteiger partial charge in [-0.2, -0.15) is 18.3 Å². The first-order valence-electron chi connectivity index (χ1n) is 6.90. The average molecular weight is 354 g/mol. The fourth-order valence-corrected chi connectivity index (χ4v) is 3.03. The summed E-state index contributed by atoms with van der Waals surface area (Å²) in [5.74, 6) is 0. The van der Waals surface area contributed by atoms with Crippen LogP contribution in [0.15, 0.2) is 4.47 Å². The summed E-state index contributed by atoms with van der Waals surface area (Å²) in [5.41, 5.74) is 1.75. The number of hydrogen-bond donors (Lipinski definition) is 0. The van der Waals surface area contributed by atoms with Crippen LogP contribution in [-0.2, 0) is 19.5 Å². The van der Waals surface area contributed by atoms with Gasteiger partial charge in [-0.1, -0.05) is 6.92 Å². The molecular formula is C13H19BrF3N3. The Morgan fingerprint density at radius 2 is 2.00 bits per heavy atom. The van der Waals surface area contributed by atoms with Crippen LogP contribution >= 0.6 is 15.9 Å². The van der Waals surface area contributed by atoms with Crippen molar-refractivity contribution >= 4 is 15.9 Å². The summed E-state index contributed by atoms with van der Waals surface area (Å²) in [6.45, 7) is 4.06. The van der Waals surface area contributed by atoms with E-state index in [0.29, 0.717) is 13.1 Å². The van der Waals surface area contributed by atoms with Crippen LogP contribution in [0.1, 0.15) is 38.1 Å². The van der Waals surface area contributed by atoms with Gasteiger partial charge in [-0.15, -0.1) is 0 Å². The normalized spacial score (nSPS) is 16.1. The Labute approximate surface area is 125 Å². The Balaban J connectivity index is 2.19. The summed E-state index contributed by atoms with van der Waals surface area (Å²) < 4.78 is 40.7. The summed E-state index contributed by atoms with van der Waals surface area (Å²) in [6, 6.07) is 0.0637. The van der Waals surface area contributed by atoms with Crippen LogP contribution in [0.2, 0.25) is 0 Å². The highest BCUT2D eigenvalue weighted by Crippen LogP contribution is 2.33. The fourth-order valence-electron chi connectivity index (χ4n) is 2.34. The lowest BCUT2D eigenvalue weighted by Gasteiger charge is -2.23. The van der Waals surface area contributed by atoms with E-state index in [0.717, 1.165) is 35.1 Å². The molecule has 0 aromatic carbocycles. The van der Waals surface area contributed by atoms with Gasteiger partial charge in [-0.3, -0.25) is 9.58 Å². The molecule has 114 valence electrons. The Kier molecular flexibility index (Phi) is 4.79. The molecule has 0 aliphatic heterocycles. The van der Waals surface area contributed by atoms with E-state index in [1.54, 1.807) is 4.68 Å². The second kappa shape index (κ2) is 6.05. The first-order chi connectivity index (χ1) is 9.35. The maximum Gasteiger partial charge on any atom is 0.401 e. The van der Waals surface area contributed by atoms with Crippen molar-refractivity contribution in [2.45, 2.75) is 58.4 Å². The molecule has 0 spiro atoms. The van der Waals surface area contributed by atoms with Crippen LogP contribution in [0.3, 0.4) is 0 Å². The van der Waals surface area contributed by atoms with Crippen molar-refractivity contribution in [3.63, 3.8) is 0 Å². The van der Waals surface area contributed by atoms with Crippen LogP contribution in [0.5, 0.6) is 0 Å². The van der Waals surface area contributed by atoms with Gasteiger partial charge < -0.3 is 0 Å². The highest BCUT2D eigenvalue weighted by Gasteiger charge is 2.38. The molecule has 0 atom stereocenters. The zero-order valence-electron chi connectivity index (χ0n) is 11.7. The smallest absolute Gasteiger partial charge is 0.286 e. The lowest BCUT2D eigenvalue weighted by molar-refractivity contribution is -0.148. The van der Waals surface area contributed by atoms with E-state index in [4.69, 9.17) is 0 Å². The first-order valence-corrected chi connectivity index (χ1v) is 7.69. The quantitative estimate of drug-likeness (QED) is 0.776.